The molecule has 12 nitrogen and oxygen atoms in total. The molecule has 2 heterocycles. The summed E-state index contributed by atoms with van der Waals surface area (Å²) in [5, 5.41) is 62.2. The predicted octanol–water partition coefficient (Wildman–Crippen LogP) is 5.12. The average Bonchev–Trinajstić information content (AvgIpc) is 3.58. The monoisotopic (exact) mass is 727 g/mol. The number of nitrogens with zero attached hydrogens (tertiary/aromatic N) is 3. The Labute approximate surface area is 298 Å². The number of aliphatic carboxylic acids is 3. The Bertz CT molecular complexity index is 1730. The first-order valence-electron chi connectivity index (χ1n) is 15.8. The van der Waals surface area contributed by atoms with Gasteiger partial charge in [0.2, 0.25) is 0 Å². The van der Waals surface area contributed by atoms with Crippen LogP contribution >= 0.6 is 23.2 Å². The Morgan fingerprint density at radius 3 is 1.96 bits per heavy atom. The number of carboxylic acid groups (broad SMARTS) is 3. The highest BCUT2D eigenvalue weighted by Gasteiger charge is 2.41. The Balaban J connectivity index is 0.000000369. The summed E-state index contributed by atoms with van der Waals surface area (Å²) in [5.41, 5.74) is -0.00118. The highest BCUT2D eigenvalue weighted by Crippen LogP contribution is 2.38. The third-order valence-corrected chi connectivity index (χ3v) is 9.50. The Hall–Kier alpha value is -4.30. The van der Waals surface area contributed by atoms with Gasteiger partial charge in [0, 0.05) is 25.2 Å². The molecule has 2 unspecified atom stereocenters. The van der Waals surface area contributed by atoms with Crippen molar-refractivity contribution < 1.29 is 45.0 Å². The molecular formula is C36H39Cl2N3O9. The summed E-state index contributed by atoms with van der Waals surface area (Å²) < 4.78 is 1.79. The van der Waals surface area contributed by atoms with Crippen LogP contribution in [0.1, 0.15) is 60.9 Å². The number of aromatic nitrogens is 2. The van der Waals surface area contributed by atoms with Gasteiger partial charge < -0.3 is 35.5 Å². The second-order valence-electron chi connectivity index (χ2n) is 12.2. The minimum absolute atomic E-state index is 0.219. The van der Waals surface area contributed by atoms with Crippen molar-refractivity contribution in [2.75, 3.05) is 19.6 Å². The Kier molecular flexibility index (Phi) is 13.2. The number of hydrogen-bond acceptors (Lipinski definition) is 8. The van der Waals surface area contributed by atoms with Gasteiger partial charge in [0.05, 0.1) is 39.9 Å². The Morgan fingerprint density at radius 2 is 1.42 bits per heavy atom. The number of aliphatic hydroxyl groups excluding tert-OH is 1. The van der Waals surface area contributed by atoms with Gasteiger partial charge in [-0.05, 0) is 67.3 Å². The van der Waals surface area contributed by atoms with Crippen LogP contribution in [0, 0.1) is 0 Å². The summed E-state index contributed by atoms with van der Waals surface area (Å²) in [4.78, 5) is 32.8. The van der Waals surface area contributed by atoms with Crippen LogP contribution in [0.15, 0.2) is 91.1 Å². The SMILES string of the molecule is O=C(O)CC(O)(CC(=O)O)C(=O)O.OC(c1ccnn1-c1ccccc1)C(CCN1CCC(O)(c2ccccc2)CC1)c1ccc(Cl)c(Cl)c1. The fourth-order valence-electron chi connectivity index (χ4n) is 6.00. The minimum Gasteiger partial charge on any atom is -0.481 e. The minimum atomic E-state index is -2.74. The number of benzene rings is 3. The first kappa shape index (κ1) is 38.5. The van der Waals surface area contributed by atoms with E-state index in [1.165, 1.54) is 0 Å². The molecule has 14 heteroatoms. The lowest BCUT2D eigenvalue weighted by Crippen LogP contribution is -2.43. The fourth-order valence-corrected chi connectivity index (χ4v) is 6.30. The summed E-state index contributed by atoms with van der Waals surface area (Å²) in [6.45, 7) is 2.36. The van der Waals surface area contributed by atoms with Crippen molar-refractivity contribution in [3.05, 3.63) is 118 Å². The number of hydrogen-bond donors (Lipinski definition) is 6. The number of halogens is 2. The van der Waals surface area contributed by atoms with Crippen molar-refractivity contribution in [1.29, 1.82) is 0 Å². The topological polar surface area (TPSA) is 194 Å². The molecule has 1 aromatic heterocycles. The highest BCUT2D eigenvalue weighted by molar-refractivity contribution is 6.42. The van der Waals surface area contributed by atoms with Gasteiger partial charge in [-0.1, -0.05) is 77.8 Å². The molecule has 1 saturated heterocycles. The maximum absolute atomic E-state index is 11.7. The fraction of sp³-hybridized carbons (Fsp3) is 0.333. The molecule has 2 atom stereocenters. The molecule has 0 spiro atoms. The molecule has 5 rings (SSSR count). The van der Waals surface area contributed by atoms with Crippen LogP contribution < -0.4 is 0 Å². The number of rotatable bonds is 13. The molecule has 1 fully saturated rings. The van der Waals surface area contributed by atoms with Crippen LogP contribution in [0.2, 0.25) is 10.0 Å². The van der Waals surface area contributed by atoms with Crippen molar-refractivity contribution in [3.63, 3.8) is 0 Å². The van der Waals surface area contributed by atoms with E-state index in [1.807, 2.05) is 78.9 Å². The average molecular weight is 729 g/mol. The number of carbonyl (C=O) groups is 3. The van der Waals surface area contributed by atoms with Crippen LogP contribution in [0.4, 0.5) is 0 Å². The van der Waals surface area contributed by atoms with E-state index >= 15 is 0 Å². The van der Waals surface area contributed by atoms with E-state index in [2.05, 4.69) is 10.00 Å². The number of aliphatic hydroxyl groups is 3. The van der Waals surface area contributed by atoms with E-state index in [4.69, 9.17) is 43.6 Å². The molecule has 0 amide bonds. The molecule has 266 valence electrons. The molecule has 0 bridgehead atoms. The zero-order valence-electron chi connectivity index (χ0n) is 27.0. The van der Waals surface area contributed by atoms with Crippen LogP contribution in [-0.4, -0.2) is 88.5 Å². The molecule has 3 aromatic carbocycles. The molecule has 0 radical (unpaired) electrons. The summed E-state index contributed by atoms with van der Waals surface area (Å²) >= 11 is 12.6. The first-order valence-corrected chi connectivity index (χ1v) is 16.6. The highest BCUT2D eigenvalue weighted by atomic mass is 35.5. The van der Waals surface area contributed by atoms with E-state index in [1.54, 1.807) is 16.9 Å². The largest absolute Gasteiger partial charge is 0.481 e. The number of para-hydroxylation sites is 1. The quantitative estimate of drug-likeness (QED) is 0.107. The van der Waals surface area contributed by atoms with Gasteiger partial charge in [-0.15, -0.1) is 0 Å². The van der Waals surface area contributed by atoms with Crippen molar-refractivity contribution in [2.45, 2.75) is 55.3 Å². The molecule has 0 saturated carbocycles. The zero-order chi connectivity index (χ0) is 36.5. The molecular weight excluding hydrogens is 689 g/mol. The normalized spacial score (nSPS) is 15.7. The van der Waals surface area contributed by atoms with Crippen LogP contribution in [0.25, 0.3) is 5.69 Å². The van der Waals surface area contributed by atoms with Crippen LogP contribution in [0.5, 0.6) is 0 Å². The molecule has 0 aliphatic carbocycles. The summed E-state index contributed by atoms with van der Waals surface area (Å²) in [7, 11) is 0. The lowest BCUT2D eigenvalue weighted by atomic mass is 9.84. The number of likely N-dealkylation sites (tertiary alicyclic amines) is 1. The van der Waals surface area contributed by atoms with Crippen molar-refractivity contribution in [2.24, 2.45) is 0 Å². The maximum atomic E-state index is 11.7. The predicted molar refractivity (Wildman–Crippen MR) is 185 cm³/mol. The van der Waals surface area contributed by atoms with Gasteiger partial charge >= 0.3 is 17.9 Å². The third-order valence-electron chi connectivity index (χ3n) is 8.76. The van der Waals surface area contributed by atoms with Crippen molar-refractivity contribution in [3.8, 4) is 5.69 Å². The standard InChI is InChI=1S/C30H31Cl2N3O2.C6H8O7/c31-26-12-11-22(21-27(26)32)25(29(36)28-13-17-33-35(28)24-9-5-2-6-10-24)14-18-34-19-15-30(37,16-20-34)23-7-3-1-4-8-23;7-3(8)1-6(13,5(11)12)2-4(9)10/h1-13,17,21,25,29,36-37H,14-16,18-20H2;13H,1-2H2,(H,7,8)(H,9,10)(H,11,12). The van der Waals surface area contributed by atoms with Gasteiger partial charge in [-0.25, -0.2) is 9.48 Å². The summed E-state index contributed by atoms with van der Waals surface area (Å²) in [6, 6.07) is 27.2. The maximum Gasteiger partial charge on any atom is 0.336 e. The smallest absolute Gasteiger partial charge is 0.336 e. The van der Waals surface area contributed by atoms with Gasteiger partial charge in [0.25, 0.3) is 0 Å². The summed E-state index contributed by atoms with van der Waals surface area (Å²) in [5.74, 6) is -5.24. The van der Waals surface area contributed by atoms with E-state index in [0.717, 1.165) is 42.1 Å². The second kappa shape index (κ2) is 17.1. The first-order chi connectivity index (χ1) is 23.7. The van der Waals surface area contributed by atoms with E-state index in [0.29, 0.717) is 29.3 Å². The van der Waals surface area contributed by atoms with Crippen LogP contribution in [-0.2, 0) is 20.0 Å². The molecule has 1 aliphatic rings. The van der Waals surface area contributed by atoms with Gasteiger partial charge in [0.15, 0.2) is 5.60 Å². The molecule has 1 aliphatic heterocycles. The number of carboxylic acids is 3. The lowest BCUT2D eigenvalue weighted by Gasteiger charge is -2.39. The van der Waals surface area contributed by atoms with Crippen molar-refractivity contribution >= 4 is 41.1 Å². The number of piperidine rings is 1. The zero-order valence-corrected chi connectivity index (χ0v) is 28.5. The van der Waals surface area contributed by atoms with E-state index in [-0.39, 0.29) is 5.92 Å². The van der Waals surface area contributed by atoms with Gasteiger partial charge in [-0.3, -0.25) is 9.59 Å². The van der Waals surface area contributed by atoms with Gasteiger partial charge in [0.1, 0.15) is 6.10 Å². The molecule has 4 aromatic rings. The van der Waals surface area contributed by atoms with E-state index in [9.17, 15) is 24.6 Å². The van der Waals surface area contributed by atoms with Crippen molar-refractivity contribution in [1.82, 2.24) is 14.7 Å². The molecule has 50 heavy (non-hydrogen) atoms. The third kappa shape index (κ3) is 9.90. The lowest BCUT2D eigenvalue weighted by molar-refractivity contribution is -0.170. The molecule has 6 N–H and O–H groups in total. The summed E-state index contributed by atoms with van der Waals surface area (Å²) in [6.07, 6.45) is 0.694. The second-order valence-corrected chi connectivity index (χ2v) is 13.0. The van der Waals surface area contributed by atoms with Crippen LogP contribution in [0.3, 0.4) is 0 Å². The Morgan fingerprint density at radius 1 is 0.840 bits per heavy atom. The van der Waals surface area contributed by atoms with E-state index < -0.39 is 48.1 Å². The van der Waals surface area contributed by atoms with Gasteiger partial charge in [-0.2, -0.15) is 5.10 Å².